The normalized spacial score (nSPS) is 10.1. The van der Waals surface area contributed by atoms with Crippen molar-refractivity contribution in [1.29, 1.82) is 0 Å². The first-order valence-corrected chi connectivity index (χ1v) is 4.54. The van der Waals surface area contributed by atoms with Crippen LogP contribution in [-0.2, 0) is 0 Å². The number of aromatic hydroxyl groups is 1. The molecule has 1 N–H and O–H groups in total. The Bertz CT molecular complexity index is 432. The zero-order chi connectivity index (χ0) is 9.97. The molecule has 0 saturated heterocycles. The first-order chi connectivity index (χ1) is 6.79. The van der Waals surface area contributed by atoms with Crippen LogP contribution in [0.3, 0.4) is 0 Å². The minimum Gasteiger partial charge on any atom is -0.507 e. The van der Waals surface area contributed by atoms with Crippen LogP contribution in [0.1, 0.15) is 5.56 Å². The molecule has 0 atom stereocenters. The highest BCUT2D eigenvalue weighted by Crippen LogP contribution is 2.30. The maximum absolute atomic E-state index is 9.82. The first kappa shape index (κ1) is 8.82. The van der Waals surface area contributed by atoms with Crippen molar-refractivity contribution in [3.05, 3.63) is 54.1 Å². The molecule has 14 heavy (non-hydrogen) atoms. The molecule has 0 aliphatic rings. The molecule has 0 heterocycles. The summed E-state index contributed by atoms with van der Waals surface area (Å²) in [4.78, 5) is 0. The smallest absolute Gasteiger partial charge is 0.126 e. The Morgan fingerprint density at radius 2 is 1.79 bits per heavy atom. The molecule has 2 aromatic carbocycles. The van der Waals surface area contributed by atoms with E-state index < -0.39 is 0 Å². The molecule has 0 unspecified atom stereocenters. The van der Waals surface area contributed by atoms with Gasteiger partial charge >= 0.3 is 0 Å². The molecule has 0 aliphatic heterocycles. The van der Waals surface area contributed by atoms with E-state index in [-0.39, 0.29) is 0 Å². The lowest BCUT2D eigenvalue weighted by Crippen LogP contribution is -1.81. The van der Waals surface area contributed by atoms with Crippen LogP contribution in [0.2, 0.25) is 0 Å². The summed E-state index contributed by atoms with van der Waals surface area (Å²) in [5.74, 6) is 0.318. The van der Waals surface area contributed by atoms with Crippen LogP contribution in [0.15, 0.2) is 42.5 Å². The van der Waals surface area contributed by atoms with E-state index in [2.05, 4.69) is 6.07 Å². The van der Waals surface area contributed by atoms with Crippen molar-refractivity contribution in [1.82, 2.24) is 0 Å². The quantitative estimate of drug-likeness (QED) is 0.720. The highest BCUT2D eigenvalue weighted by Gasteiger charge is 2.04. The van der Waals surface area contributed by atoms with Gasteiger partial charge in [0.2, 0.25) is 0 Å². The standard InChI is InChI=1S/C13H11O/c1-10-6-5-9-12(13(10)14)11-7-3-2-4-8-11/h2-5,7-9,14H,1H3. The summed E-state index contributed by atoms with van der Waals surface area (Å²) in [6, 6.07) is 16.5. The Kier molecular flexibility index (Phi) is 2.23. The molecule has 0 bridgehead atoms. The third kappa shape index (κ3) is 1.49. The third-order valence-corrected chi connectivity index (χ3v) is 2.24. The molecule has 2 rings (SSSR count). The van der Waals surface area contributed by atoms with E-state index in [9.17, 15) is 5.11 Å². The number of phenols is 1. The van der Waals surface area contributed by atoms with Crippen LogP contribution in [0.4, 0.5) is 0 Å². The van der Waals surface area contributed by atoms with Gasteiger partial charge in [-0.05, 0) is 24.1 Å². The van der Waals surface area contributed by atoms with Gasteiger partial charge in [0.1, 0.15) is 5.75 Å². The average molecular weight is 183 g/mol. The van der Waals surface area contributed by atoms with Crippen molar-refractivity contribution < 1.29 is 5.11 Å². The molecule has 0 fully saturated rings. The van der Waals surface area contributed by atoms with Crippen LogP contribution in [0, 0.1) is 13.0 Å². The fraction of sp³-hybridized carbons (Fsp3) is 0.0769. The zero-order valence-electron chi connectivity index (χ0n) is 7.99. The van der Waals surface area contributed by atoms with Crippen LogP contribution in [0.5, 0.6) is 5.75 Å². The van der Waals surface area contributed by atoms with E-state index in [0.29, 0.717) is 5.75 Å². The monoisotopic (exact) mass is 183 g/mol. The van der Waals surface area contributed by atoms with Gasteiger partial charge in [-0.1, -0.05) is 42.5 Å². The predicted molar refractivity (Wildman–Crippen MR) is 57.1 cm³/mol. The second kappa shape index (κ2) is 3.54. The van der Waals surface area contributed by atoms with E-state index in [4.69, 9.17) is 0 Å². The number of phenolic OH excluding ortho intramolecular Hbond substituents is 1. The van der Waals surface area contributed by atoms with Gasteiger partial charge in [0, 0.05) is 5.56 Å². The minimum atomic E-state index is 0.318. The Morgan fingerprint density at radius 3 is 2.50 bits per heavy atom. The van der Waals surface area contributed by atoms with Crippen molar-refractivity contribution in [3.8, 4) is 16.9 Å². The van der Waals surface area contributed by atoms with Crippen LogP contribution in [0.25, 0.3) is 11.1 Å². The molecule has 2 aromatic rings. The van der Waals surface area contributed by atoms with Gasteiger partial charge in [-0.3, -0.25) is 0 Å². The van der Waals surface area contributed by atoms with E-state index in [1.165, 1.54) is 0 Å². The molecule has 0 saturated carbocycles. The van der Waals surface area contributed by atoms with Crippen LogP contribution in [-0.4, -0.2) is 5.11 Å². The highest BCUT2D eigenvalue weighted by molar-refractivity contribution is 5.71. The summed E-state index contributed by atoms with van der Waals surface area (Å²) in [6.07, 6.45) is 0. The van der Waals surface area contributed by atoms with Crippen LogP contribution >= 0.6 is 0 Å². The summed E-state index contributed by atoms with van der Waals surface area (Å²) in [5.41, 5.74) is 2.68. The summed E-state index contributed by atoms with van der Waals surface area (Å²) in [7, 11) is 0. The minimum absolute atomic E-state index is 0.318. The Labute approximate surface area is 83.6 Å². The molecule has 0 spiro atoms. The number of aryl methyl sites for hydroxylation is 1. The van der Waals surface area contributed by atoms with Crippen molar-refractivity contribution in [2.75, 3.05) is 0 Å². The van der Waals surface area contributed by atoms with Gasteiger partial charge < -0.3 is 5.11 Å². The van der Waals surface area contributed by atoms with Crippen LogP contribution < -0.4 is 0 Å². The topological polar surface area (TPSA) is 20.2 Å². The Balaban J connectivity index is 2.58. The Hall–Kier alpha value is -1.76. The molecule has 1 radical (unpaired) electrons. The Morgan fingerprint density at radius 1 is 1.07 bits per heavy atom. The lowest BCUT2D eigenvalue weighted by atomic mass is 10.0. The van der Waals surface area contributed by atoms with Gasteiger partial charge in [0.15, 0.2) is 0 Å². The zero-order valence-corrected chi connectivity index (χ0v) is 7.99. The second-order valence-corrected chi connectivity index (χ2v) is 3.23. The molecular formula is C13H11O. The highest BCUT2D eigenvalue weighted by atomic mass is 16.3. The SMILES string of the molecule is Cc1[c]ccc(-c2ccccc2)c1O. The summed E-state index contributed by atoms with van der Waals surface area (Å²) in [6.45, 7) is 1.85. The lowest BCUT2D eigenvalue weighted by Gasteiger charge is -2.06. The van der Waals surface area contributed by atoms with E-state index in [0.717, 1.165) is 16.7 Å². The first-order valence-electron chi connectivity index (χ1n) is 4.54. The van der Waals surface area contributed by atoms with E-state index in [1.54, 1.807) is 0 Å². The van der Waals surface area contributed by atoms with Crippen molar-refractivity contribution >= 4 is 0 Å². The number of hydrogen-bond donors (Lipinski definition) is 1. The molecule has 69 valence electrons. The van der Waals surface area contributed by atoms with Gasteiger partial charge in [0.05, 0.1) is 0 Å². The van der Waals surface area contributed by atoms with Crippen molar-refractivity contribution in [2.45, 2.75) is 6.92 Å². The van der Waals surface area contributed by atoms with E-state index in [1.807, 2.05) is 49.4 Å². The average Bonchev–Trinajstić information content (AvgIpc) is 2.23. The number of rotatable bonds is 1. The lowest BCUT2D eigenvalue weighted by molar-refractivity contribution is 0.473. The summed E-state index contributed by atoms with van der Waals surface area (Å²) < 4.78 is 0. The van der Waals surface area contributed by atoms with Crippen molar-refractivity contribution in [2.24, 2.45) is 0 Å². The molecule has 1 nitrogen and oxygen atoms in total. The fourth-order valence-corrected chi connectivity index (χ4v) is 1.45. The fourth-order valence-electron chi connectivity index (χ4n) is 1.45. The second-order valence-electron chi connectivity index (χ2n) is 3.23. The van der Waals surface area contributed by atoms with Crippen molar-refractivity contribution in [3.63, 3.8) is 0 Å². The van der Waals surface area contributed by atoms with Gasteiger partial charge in [-0.2, -0.15) is 0 Å². The maximum atomic E-state index is 9.82. The summed E-state index contributed by atoms with van der Waals surface area (Å²) in [5, 5.41) is 9.82. The van der Waals surface area contributed by atoms with E-state index >= 15 is 0 Å². The van der Waals surface area contributed by atoms with Gasteiger partial charge in [0.25, 0.3) is 0 Å². The molecular weight excluding hydrogens is 172 g/mol. The molecule has 0 aliphatic carbocycles. The largest absolute Gasteiger partial charge is 0.507 e. The summed E-state index contributed by atoms with van der Waals surface area (Å²) >= 11 is 0. The van der Waals surface area contributed by atoms with Gasteiger partial charge in [-0.15, -0.1) is 0 Å². The third-order valence-electron chi connectivity index (χ3n) is 2.24. The molecule has 0 amide bonds. The number of benzene rings is 2. The number of hydrogen-bond acceptors (Lipinski definition) is 1. The van der Waals surface area contributed by atoms with Gasteiger partial charge in [-0.25, -0.2) is 0 Å². The molecule has 1 heteroatoms. The molecule has 0 aromatic heterocycles. The predicted octanol–water partition coefficient (Wildman–Crippen LogP) is 3.17. The maximum Gasteiger partial charge on any atom is 0.126 e.